The van der Waals surface area contributed by atoms with Gasteiger partial charge in [0.25, 0.3) is 0 Å². The van der Waals surface area contributed by atoms with Gasteiger partial charge >= 0.3 is 5.97 Å². The second-order valence-corrected chi connectivity index (χ2v) is 4.48. The van der Waals surface area contributed by atoms with E-state index < -0.39 is 0 Å². The van der Waals surface area contributed by atoms with Gasteiger partial charge in [-0.05, 0) is 12.3 Å². The standard InChI is InChI=1S/C12H21N3O2/c1-4-12(16)17-8-6-11-9-15(14-13-11)7-5-10(2)3/h9-10H,4-8H2,1-3H3. The average molecular weight is 239 g/mol. The topological polar surface area (TPSA) is 57.0 Å². The summed E-state index contributed by atoms with van der Waals surface area (Å²) in [4.78, 5) is 10.9. The Bertz CT molecular complexity index is 347. The van der Waals surface area contributed by atoms with Crippen molar-refractivity contribution in [1.82, 2.24) is 15.0 Å². The molecule has 0 aromatic carbocycles. The molecule has 1 heterocycles. The number of carbonyl (C=O) groups is 1. The molecule has 17 heavy (non-hydrogen) atoms. The Balaban J connectivity index is 2.28. The minimum absolute atomic E-state index is 0.169. The molecule has 0 unspecified atom stereocenters. The van der Waals surface area contributed by atoms with E-state index in [9.17, 15) is 4.79 Å². The Kier molecular flexibility index (Phi) is 5.66. The molecule has 0 atom stereocenters. The van der Waals surface area contributed by atoms with E-state index in [1.807, 2.05) is 10.9 Å². The molecule has 5 nitrogen and oxygen atoms in total. The molecule has 0 radical (unpaired) electrons. The first-order valence-corrected chi connectivity index (χ1v) is 6.16. The van der Waals surface area contributed by atoms with Gasteiger partial charge in [-0.2, -0.15) is 0 Å². The van der Waals surface area contributed by atoms with Gasteiger partial charge in [-0.25, -0.2) is 0 Å². The number of hydrogen-bond acceptors (Lipinski definition) is 4. The molecule has 0 fully saturated rings. The first kappa shape index (κ1) is 13.7. The lowest BCUT2D eigenvalue weighted by Gasteiger charge is -2.02. The smallest absolute Gasteiger partial charge is 0.305 e. The van der Waals surface area contributed by atoms with Crippen LogP contribution in [-0.2, 0) is 22.5 Å². The predicted octanol–water partition coefficient (Wildman–Crippen LogP) is 1.82. The molecule has 0 aliphatic heterocycles. The molecule has 0 bridgehead atoms. The number of esters is 1. The minimum atomic E-state index is -0.169. The summed E-state index contributed by atoms with van der Waals surface area (Å²) in [7, 11) is 0. The number of rotatable bonds is 7. The lowest BCUT2D eigenvalue weighted by molar-refractivity contribution is -0.143. The third-order valence-electron chi connectivity index (χ3n) is 2.43. The monoisotopic (exact) mass is 239 g/mol. The quantitative estimate of drug-likeness (QED) is 0.681. The van der Waals surface area contributed by atoms with Crippen LogP contribution < -0.4 is 0 Å². The number of carbonyl (C=O) groups excluding carboxylic acids is 1. The van der Waals surface area contributed by atoms with Crippen molar-refractivity contribution in [3.63, 3.8) is 0 Å². The molecule has 0 saturated heterocycles. The second kappa shape index (κ2) is 7.04. The van der Waals surface area contributed by atoms with E-state index in [0.717, 1.165) is 18.7 Å². The highest BCUT2D eigenvalue weighted by molar-refractivity contribution is 5.68. The molecule has 0 N–H and O–H groups in total. The van der Waals surface area contributed by atoms with Gasteiger partial charge in [0.15, 0.2) is 0 Å². The van der Waals surface area contributed by atoms with E-state index in [-0.39, 0.29) is 5.97 Å². The maximum absolute atomic E-state index is 10.9. The zero-order valence-corrected chi connectivity index (χ0v) is 10.8. The van der Waals surface area contributed by atoms with Gasteiger partial charge in [0.2, 0.25) is 0 Å². The Morgan fingerprint density at radius 3 is 2.94 bits per heavy atom. The van der Waals surface area contributed by atoms with E-state index in [2.05, 4.69) is 24.2 Å². The Morgan fingerprint density at radius 2 is 2.29 bits per heavy atom. The molecule has 5 heteroatoms. The fourth-order valence-electron chi connectivity index (χ4n) is 1.32. The van der Waals surface area contributed by atoms with E-state index in [1.54, 1.807) is 6.92 Å². The third-order valence-corrected chi connectivity index (χ3v) is 2.43. The van der Waals surface area contributed by atoms with Gasteiger partial charge in [-0.15, -0.1) is 5.10 Å². The van der Waals surface area contributed by atoms with Crippen molar-refractivity contribution >= 4 is 5.97 Å². The maximum atomic E-state index is 10.9. The molecular formula is C12H21N3O2. The van der Waals surface area contributed by atoms with Gasteiger partial charge in [0, 0.05) is 25.6 Å². The van der Waals surface area contributed by atoms with Crippen molar-refractivity contribution in [2.75, 3.05) is 6.61 Å². The Hall–Kier alpha value is -1.39. The van der Waals surface area contributed by atoms with E-state index in [0.29, 0.717) is 25.4 Å². The zero-order chi connectivity index (χ0) is 12.7. The first-order chi connectivity index (χ1) is 8.11. The molecule has 0 saturated carbocycles. The fraction of sp³-hybridized carbons (Fsp3) is 0.750. The van der Waals surface area contributed by atoms with Gasteiger partial charge < -0.3 is 4.74 Å². The van der Waals surface area contributed by atoms with E-state index in [4.69, 9.17) is 4.74 Å². The summed E-state index contributed by atoms with van der Waals surface area (Å²) in [5.74, 6) is 0.491. The summed E-state index contributed by atoms with van der Waals surface area (Å²) in [6, 6.07) is 0. The number of aryl methyl sites for hydroxylation is 1. The normalized spacial score (nSPS) is 10.8. The van der Waals surface area contributed by atoms with Crippen molar-refractivity contribution in [1.29, 1.82) is 0 Å². The van der Waals surface area contributed by atoms with Crippen LogP contribution in [0.1, 0.15) is 39.3 Å². The lowest BCUT2D eigenvalue weighted by atomic mass is 10.1. The van der Waals surface area contributed by atoms with Crippen molar-refractivity contribution < 1.29 is 9.53 Å². The average Bonchev–Trinajstić information content (AvgIpc) is 2.74. The number of hydrogen-bond donors (Lipinski definition) is 0. The molecule has 0 aliphatic carbocycles. The van der Waals surface area contributed by atoms with Crippen molar-refractivity contribution in [2.24, 2.45) is 5.92 Å². The van der Waals surface area contributed by atoms with Crippen LogP contribution in [-0.4, -0.2) is 27.6 Å². The van der Waals surface area contributed by atoms with Crippen LogP contribution in [0.15, 0.2) is 6.20 Å². The minimum Gasteiger partial charge on any atom is -0.465 e. The highest BCUT2D eigenvalue weighted by atomic mass is 16.5. The summed E-state index contributed by atoms with van der Waals surface area (Å²) in [6.07, 6.45) is 4.06. The van der Waals surface area contributed by atoms with Crippen LogP contribution in [0.4, 0.5) is 0 Å². The van der Waals surface area contributed by atoms with Gasteiger partial charge in [-0.3, -0.25) is 9.48 Å². The van der Waals surface area contributed by atoms with Crippen LogP contribution in [0.3, 0.4) is 0 Å². The number of ether oxygens (including phenoxy) is 1. The molecule has 1 aromatic heterocycles. The van der Waals surface area contributed by atoms with E-state index in [1.165, 1.54) is 0 Å². The van der Waals surface area contributed by atoms with Crippen LogP contribution >= 0.6 is 0 Å². The Morgan fingerprint density at radius 1 is 1.53 bits per heavy atom. The Labute approximate surface area is 102 Å². The zero-order valence-electron chi connectivity index (χ0n) is 10.8. The summed E-state index contributed by atoms with van der Waals surface area (Å²) in [5.41, 5.74) is 0.873. The van der Waals surface area contributed by atoms with Crippen LogP contribution in [0.2, 0.25) is 0 Å². The molecule has 0 aliphatic rings. The highest BCUT2D eigenvalue weighted by Crippen LogP contribution is 2.03. The predicted molar refractivity (Wildman–Crippen MR) is 64.4 cm³/mol. The maximum Gasteiger partial charge on any atom is 0.305 e. The fourth-order valence-corrected chi connectivity index (χ4v) is 1.32. The third kappa shape index (κ3) is 5.47. The molecule has 1 rings (SSSR count). The van der Waals surface area contributed by atoms with Crippen molar-refractivity contribution in [2.45, 2.75) is 46.6 Å². The van der Waals surface area contributed by atoms with Crippen molar-refractivity contribution in [3.8, 4) is 0 Å². The SMILES string of the molecule is CCC(=O)OCCc1cn(CCC(C)C)nn1. The van der Waals surface area contributed by atoms with Crippen LogP contribution in [0.5, 0.6) is 0 Å². The van der Waals surface area contributed by atoms with Gasteiger partial charge in [-0.1, -0.05) is 26.0 Å². The van der Waals surface area contributed by atoms with Crippen LogP contribution in [0, 0.1) is 5.92 Å². The molecular weight excluding hydrogens is 218 g/mol. The lowest BCUT2D eigenvalue weighted by Crippen LogP contribution is -2.06. The number of nitrogens with zero attached hydrogens (tertiary/aromatic N) is 3. The highest BCUT2D eigenvalue weighted by Gasteiger charge is 2.03. The summed E-state index contributed by atoms with van der Waals surface area (Å²) >= 11 is 0. The summed E-state index contributed by atoms with van der Waals surface area (Å²) < 4.78 is 6.83. The van der Waals surface area contributed by atoms with Gasteiger partial charge in [0.1, 0.15) is 0 Å². The molecule has 0 amide bonds. The summed E-state index contributed by atoms with van der Waals surface area (Å²) in [5, 5.41) is 8.07. The molecule has 1 aromatic rings. The second-order valence-electron chi connectivity index (χ2n) is 4.48. The largest absolute Gasteiger partial charge is 0.465 e. The van der Waals surface area contributed by atoms with Crippen molar-refractivity contribution in [3.05, 3.63) is 11.9 Å². The van der Waals surface area contributed by atoms with E-state index >= 15 is 0 Å². The summed E-state index contributed by atoms with van der Waals surface area (Å²) in [6.45, 7) is 7.42. The number of aromatic nitrogens is 3. The molecule has 0 spiro atoms. The van der Waals surface area contributed by atoms with Crippen LogP contribution in [0.25, 0.3) is 0 Å². The van der Waals surface area contributed by atoms with Gasteiger partial charge in [0.05, 0.1) is 12.3 Å². The first-order valence-electron chi connectivity index (χ1n) is 6.16. The molecule has 96 valence electrons.